The van der Waals surface area contributed by atoms with Crippen LogP contribution in [0.2, 0.25) is 0 Å². The number of ether oxygens (including phenoxy) is 6. The van der Waals surface area contributed by atoms with Crippen LogP contribution in [0.25, 0.3) is 0 Å². The number of carbonyl (C=O) groups is 6. The predicted molar refractivity (Wildman–Crippen MR) is 477 cm³/mol. The highest BCUT2D eigenvalue weighted by atomic mass is 16.6. The maximum absolute atomic E-state index is 12.8. The van der Waals surface area contributed by atoms with E-state index in [1.807, 2.05) is 69.2 Å². The Bertz CT molecular complexity index is 3330. The average Bonchev–Trinajstić information content (AvgIpc) is 0.749. The molecule has 0 amide bonds. The summed E-state index contributed by atoms with van der Waals surface area (Å²) in [6, 6.07) is 0. The highest BCUT2D eigenvalue weighted by molar-refractivity contribution is 5.78. The molecular weight excluding hydrogens is 1480 g/mol. The van der Waals surface area contributed by atoms with Crippen LogP contribution in [-0.4, -0.2) is 69.4 Å². The van der Waals surface area contributed by atoms with Crippen molar-refractivity contribution in [2.75, 3.05) is 0 Å². The Morgan fingerprint density at radius 2 is 0.529 bits per heavy atom. The van der Waals surface area contributed by atoms with Crippen molar-refractivity contribution in [1.82, 2.24) is 0 Å². The molecule has 12 nitrogen and oxygen atoms in total. The fourth-order valence-electron chi connectivity index (χ4n) is 31.0. The van der Waals surface area contributed by atoms with E-state index in [1.54, 1.807) is 0 Å². The molecule has 2 atom stereocenters. The van der Waals surface area contributed by atoms with Gasteiger partial charge in [0.15, 0.2) is 0 Å². The fraction of sp³-hybridized carbons (Fsp3) is 0.944. The summed E-state index contributed by atoms with van der Waals surface area (Å²) in [6.45, 7) is 48.1. The first kappa shape index (κ1) is 93.5. The van der Waals surface area contributed by atoms with E-state index in [9.17, 15) is 28.8 Å². The van der Waals surface area contributed by atoms with Gasteiger partial charge in [0.25, 0.3) is 0 Å². The summed E-state index contributed by atoms with van der Waals surface area (Å²) in [6.07, 6.45) is 52.2. The number of hydrogen-bond acceptors (Lipinski definition) is 12. The van der Waals surface area contributed by atoms with E-state index in [-0.39, 0.29) is 108 Å². The van der Waals surface area contributed by atoms with Crippen molar-refractivity contribution in [3.63, 3.8) is 0 Å². The van der Waals surface area contributed by atoms with Crippen LogP contribution in [0.3, 0.4) is 0 Å². The Labute approximate surface area is 726 Å². The Kier molecular flexibility index (Phi) is 28.1. The molecule has 0 radical (unpaired) electrons. The first-order valence-corrected chi connectivity index (χ1v) is 51.3. The third-order valence-corrected chi connectivity index (χ3v) is 40.0. The first-order chi connectivity index (χ1) is 56.0. The van der Waals surface area contributed by atoms with Gasteiger partial charge in [-0.15, -0.1) is 0 Å². The molecule has 0 aromatic carbocycles. The van der Waals surface area contributed by atoms with Gasteiger partial charge in [0, 0.05) is 5.41 Å². The zero-order chi connectivity index (χ0) is 86.3. The van der Waals surface area contributed by atoms with Crippen molar-refractivity contribution >= 4 is 35.8 Å². The molecule has 2 unspecified atom stereocenters. The molecule has 24 aliphatic rings. The molecule has 0 N–H and O–H groups in total. The van der Waals surface area contributed by atoms with Gasteiger partial charge in [0.05, 0.1) is 33.5 Å². The minimum Gasteiger partial charge on any atom is -0.459 e. The van der Waals surface area contributed by atoms with Gasteiger partial charge in [0.1, 0.15) is 33.6 Å². The zero-order valence-electron chi connectivity index (χ0n) is 80.5. The summed E-state index contributed by atoms with van der Waals surface area (Å²) in [5.74, 6) is 18.7. The van der Waals surface area contributed by atoms with Crippen molar-refractivity contribution in [2.24, 2.45) is 175 Å². The van der Waals surface area contributed by atoms with Crippen LogP contribution in [0, 0.1) is 175 Å². The number of unbranched alkanes of at least 4 members (excludes halogenated alkanes) is 1. The lowest BCUT2D eigenvalue weighted by Crippen LogP contribution is -2.60. The lowest BCUT2D eigenvalue weighted by molar-refractivity contribution is -0.220. The van der Waals surface area contributed by atoms with E-state index in [1.165, 1.54) is 212 Å². The molecule has 0 heterocycles. The second kappa shape index (κ2) is 35.8. The summed E-state index contributed by atoms with van der Waals surface area (Å²) in [5.41, 5.74) is -2.10. The normalized spacial score (nSPS) is 42.8. The summed E-state index contributed by atoms with van der Waals surface area (Å²) >= 11 is 0. The Morgan fingerprint density at radius 1 is 0.294 bits per heavy atom. The van der Waals surface area contributed by atoms with E-state index < -0.39 is 0 Å². The molecule has 0 saturated heterocycles. The predicted octanol–water partition coefficient (Wildman–Crippen LogP) is 27.0. The van der Waals surface area contributed by atoms with Crippen LogP contribution in [0.4, 0.5) is 0 Å². The molecule has 24 bridgehead atoms. The Balaban J connectivity index is 0.000000124. The molecule has 24 rings (SSSR count). The van der Waals surface area contributed by atoms with Crippen LogP contribution in [0.15, 0.2) is 0 Å². The molecule has 0 aromatic rings. The summed E-state index contributed by atoms with van der Waals surface area (Å²) in [4.78, 5) is 75.0. The lowest BCUT2D eigenvalue weighted by Gasteiger charge is -2.61. The van der Waals surface area contributed by atoms with E-state index in [2.05, 4.69) is 90.0 Å². The maximum Gasteiger partial charge on any atom is 0.312 e. The van der Waals surface area contributed by atoms with Crippen molar-refractivity contribution < 1.29 is 57.2 Å². The SMILES string of the molecule is CCC(C)(C)C(=O)OC(C)(C)C12CC3CC(CC(C3)C1)C2.CCC(C)(C)C(=O)OC1(C)C2CC3CC(C2)CC1C3.CCC(C)(C)C(=O)OC1(CC)C2CC3CC(C2)CC1C3.CCC(C)C(=O)OC1(C)C2CC3CC(C2)CC1C3.CCC(C)C(=O)OC1(CC)C2CC3CC(C2)CC1C3.CCCCC1(OC(=O)C(C)(C)CC)C2CC3CC(C2)CC1C3. The number of carbonyl (C=O) groups excluding carboxylic acids is 6. The van der Waals surface area contributed by atoms with E-state index in [0.717, 1.165) is 135 Å². The minimum atomic E-state index is -0.362. The standard InChI is InChI=1S/C20H34O2.C19H32O2.C18H30O2.2C17H28O2.C16H26O2/c1-5-7-8-20(22-18(21)19(3,4)6-2)16-10-14-9-15(12-16)13-17(20)11-14;1-6-17(2,3)16(20)21-18(4,5)19-10-13-7-14(11-19)9-15(8-13)12-19;1-5-17(3,4)16(19)20-18(6-2)14-8-12-7-13(10-14)11-15(18)9-12;1-5-16(2,3)15(18)19-17(4)13-7-11-6-12(9-13)10-14(17)8-11;1-4-11(3)16(18)19-17(5-2)14-7-12-6-13(9-14)10-15(17)8-12;1-4-10(2)15(17)18-16(3)13-6-11-5-12(8-13)9-14(16)7-11/h14-17H,5-13H2,1-4H3;13-15H,6-12H2,1-5H3;12-15H,5-11H2,1-4H3;11-14H,5-10H2,1-4H3;11-15H,4-10H2,1-3H3;10-14H,4-9H2,1-3H3. The average molecular weight is 1660 g/mol. The molecule has 678 valence electrons. The largest absolute Gasteiger partial charge is 0.459 e. The smallest absolute Gasteiger partial charge is 0.312 e. The van der Waals surface area contributed by atoms with Crippen molar-refractivity contribution in [1.29, 1.82) is 0 Å². The molecule has 12 heteroatoms. The second-order valence-electron chi connectivity index (χ2n) is 49.2. The van der Waals surface area contributed by atoms with Crippen molar-refractivity contribution in [3.8, 4) is 0 Å². The third-order valence-electron chi connectivity index (χ3n) is 40.0. The Morgan fingerprint density at radius 3 is 0.807 bits per heavy atom. The highest BCUT2D eigenvalue weighted by Gasteiger charge is 2.66. The Hall–Kier alpha value is -3.18. The van der Waals surface area contributed by atoms with Crippen molar-refractivity contribution in [2.45, 2.75) is 463 Å². The lowest BCUT2D eigenvalue weighted by atomic mass is 9.46. The molecule has 24 saturated carbocycles. The minimum absolute atomic E-state index is 0.00857. The van der Waals surface area contributed by atoms with Crippen molar-refractivity contribution in [3.05, 3.63) is 0 Å². The van der Waals surface area contributed by atoms with E-state index in [4.69, 9.17) is 28.4 Å². The van der Waals surface area contributed by atoms with Crippen LogP contribution in [0.5, 0.6) is 0 Å². The van der Waals surface area contributed by atoms with Gasteiger partial charge < -0.3 is 28.4 Å². The summed E-state index contributed by atoms with van der Waals surface area (Å²) in [5, 5.41) is 0. The fourth-order valence-corrected chi connectivity index (χ4v) is 31.0. The number of hydrogen-bond donors (Lipinski definition) is 0. The van der Waals surface area contributed by atoms with Crippen LogP contribution in [0.1, 0.15) is 429 Å². The molecular formula is C107H178O12. The topological polar surface area (TPSA) is 158 Å². The number of esters is 6. The molecule has 0 spiro atoms. The van der Waals surface area contributed by atoms with Gasteiger partial charge in [-0.25, -0.2) is 0 Å². The van der Waals surface area contributed by atoms with Gasteiger partial charge in [0.2, 0.25) is 0 Å². The third kappa shape index (κ3) is 18.4. The molecule has 0 aliphatic heterocycles. The van der Waals surface area contributed by atoms with Gasteiger partial charge in [-0.2, -0.15) is 0 Å². The molecule has 119 heavy (non-hydrogen) atoms. The van der Waals surface area contributed by atoms with Gasteiger partial charge in [-0.1, -0.05) is 82.6 Å². The molecule has 0 aromatic heterocycles. The van der Waals surface area contributed by atoms with Gasteiger partial charge >= 0.3 is 35.8 Å². The molecule has 24 fully saturated rings. The maximum atomic E-state index is 12.8. The second-order valence-corrected chi connectivity index (χ2v) is 49.2. The van der Waals surface area contributed by atoms with E-state index in [0.29, 0.717) is 59.2 Å². The summed E-state index contributed by atoms with van der Waals surface area (Å²) in [7, 11) is 0. The van der Waals surface area contributed by atoms with E-state index >= 15 is 0 Å². The zero-order valence-corrected chi connectivity index (χ0v) is 80.5. The monoisotopic (exact) mass is 1660 g/mol. The van der Waals surface area contributed by atoms with Gasteiger partial charge in [-0.3, -0.25) is 28.8 Å². The molecule has 24 aliphatic carbocycles. The quantitative estimate of drug-likeness (QED) is 0.0666. The van der Waals surface area contributed by atoms with Crippen LogP contribution in [-0.2, 0) is 57.2 Å². The summed E-state index contributed by atoms with van der Waals surface area (Å²) < 4.78 is 37.2. The number of rotatable bonds is 24. The van der Waals surface area contributed by atoms with Crippen LogP contribution < -0.4 is 0 Å². The highest BCUT2D eigenvalue weighted by Crippen LogP contribution is 2.68. The first-order valence-electron chi connectivity index (χ1n) is 51.3. The van der Waals surface area contributed by atoms with Gasteiger partial charge in [-0.05, 0) is 482 Å². The van der Waals surface area contributed by atoms with Crippen LogP contribution >= 0.6 is 0 Å².